The zero-order chi connectivity index (χ0) is 19.1. The van der Waals surface area contributed by atoms with Crippen molar-refractivity contribution in [2.75, 3.05) is 38.7 Å². The summed E-state index contributed by atoms with van der Waals surface area (Å²) in [5.74, 6) is 1.00. The number of urea groups is 1. The van der Waals surface area contributed by atoms with Gasteiger partial charge in [0.2, 0.25) is 0 Å². The number of rotatable bonds is 8. The van der Waals surface area contributed by atoms with Gasteiger partial charge >= 0.3 is 6.03 Å². The van der Waals surface area contributed by atoms with E-state index in [1.165, 1.54) is 22.4 Å². The van der Waals surface area contributed by atoms with Crippen LogP contribution in [0.4, 0.5) is 10.5 Å². The van der Waals surface area contributed by atoms with E-state index in [9.17, 15) is 4.79 Å². The van der Waals surface area contributed by atoms with Crippen molar-refractivity contribution in [1.29, 1.82) is 0 Å². The van der Waals surface area contributed by atoms with Crippen molar-refractivity contribution in [3.05, 3.63) is 59.2 Å². The molecule has 0 bridgehead atoms. The van der Waals surface area contributed by atoms with Crippen molar-refractivity contribution >= 4 is 11.7 Å². The van der Waals surface area contributed by atoms with Gasteiger partial charge in [-0.2, -0.15) is 0 Å². The van der Waals surface area contributed by atoms with E-state index in [0.717, 1.165) is 38.0 Å². The summed E-state index contributed by atoms with van der Waals surface area (Å²) < 4.78 is 5.52. The first-order valence-electron chi connectivity index (χ1n) is 9.64. The topological polar surface area (TPSA) is 53.6 Å². The van der Waals surface area contributed by atoms with E-state index in [0.29, 0.717) is 13.1 Å². The van der Waals surface area contributed by atoms with Crippen LogP contribution in [-0.2, 0) is 19.3 Å². The molecule has 5 heteroatoms. The number of hydrogen-bond donors (Lipinski definition) is 2. The van der Waals surface area contributed by atoms with E-state index in [2.05, 4.69) is 51.9 Å². The Morgan fingerprint density at radius 1 is 1.00 bits per heavy atom. The molecule has 2 aromatic rings. The molecule has 2 amide bonds. The van der Waals surface area contributed by atoms with Crippen molar-refractivity contribution in [2.24, 2.45) is 0 Å². The molecule has 1 aliphatic heterocycles. The molecule has 0 radical (unpaired) electrons. The SMILES string of the molecule is CN(C)c1ccc(CCCNC(=O)NCCc2ccc3c(c2)CCO3)cc1. The number of ether oxygens (including phenoxy) is 1. The first-order chi connectivity index (χ1) is 13.1. The number of aryl methyl sites for hydroxylation is 1. The van der Waals surface area contributed by atoms with Crippen LogP contribution in [0.1, 0.15) is 23.1 Å². The maximum absolute atomic E-state index is 11.9. The van der Waals surface area contributed by atoms with E-state index in [1.54, 1.807) is 0 Å². The van der Waals surface area contributed by atoms with E-state index in [4.69, 9.17) is 4.74 Å². The molecule has 2 aromatic carbocycles. The second-order valence-corrected chi connectivity index (χ2v) is 7.14. The number of hydrogen-bond acceptors (Lipinski definition) is 3. The van der Waals surface area contributed by atoms with Crippen molar-refractivity contribution in [3.8, 4) is 5.75 Å². The average Bonchev–Trinajstić information content (AvgIpc) is 3.13. The predicted octanol–water partition coefficient (Wildman–Crippen LogP) is 3.16. The molecular formula is C22H29N3O2. The molecule has 144 valence electrons. The first-order valence-corrected chi connectivity index (χ1v) is 9.64. The summed E-state index contributed by atoms with van der Waals surface area (Å²) in [6, 6.07) is 14.7. The Labute approximate surface area is 161 Å². The van der Waals surface area contributed by atoms with Gasteiger partial charge in [0.1, 0.15) is 5.75 Å². The maximum atomic E-state index is 11.9. The molecule has 0 unspecified atom stereocenters. The van der Waals surface area contributed by atoms with E-state index in [1.807, 2.05) is 20.2 Å². The van der Waals surface area contributed by atoms with Gasteiger partial charge in [0.15, 0.2) is 0 Å². The summed E-state index contributed by atoms with van der Waals surface area (Å²) in [5, 5.41) is 5.86. The molecule has 27 heavy (non-hydrogen) atoms. The van der Waals surface area contributed by atoms with Crippen LogP contribution < -0.4 is 20.3 Å². The summed E-state index contributed by atoms with van der Waals surface area (Å²) >= 11 is 0. The lowest BCUT2D eigenvalue weighted by molar-refractivity contribution is 0.241. The van der Waals surface area contributed by atoms with Crippen molar-refractivity contribution in [2.45, 2.75) is 25.7 Å². The molecule has 1 aliphatic rings. The fourth-order valence-electron chi connectivity index (χ4n) is 3.23. The largest absolute Gasteiger partial charge is 0.493 e. The van der Waals surface area contributed by atoms with Gasteiger partial charge in [-0.15, -0.1) is 0 Å². The molecule has 0 aromatic heterocycles. The van der Waals surface area contributed by atoms with Gasteiger partial charge in [0.25, 0.3) is 0 Å². The van der Waals surface area contributed by atoms with E-state index >= 15 is 0 Å². The van der Waals surface area contributed by atoms with E-state index in [-0.39, 0.29) is 6.03 Å². The average molecular weight is 367 g/mol. The van der Waals surface area contributed by atoms with Crippen LogP contribution in [0.3, 0.4) is 0 Å². The second-order valence-electron chi connectivity index (χ2n) is 7.14. The number of amides is 2. The Morgan fingerprint density at radius 3 is 2.52 bits per heavy atom. The highest BCUT2D eigenvalue weighted by Crippen LogP contribution is 2.25. The lowest BCUT2D eigenvalue weighted by Gasteiger charge is -2.12. The molecule has 1 heterocycles. The lowest BCUT2D eigenvalue weighted by atomic mass is 10.1. The van der Waals surface area contributed by atoms with Gasteiger partial charge in [-0.25, -0.2) is 4.79 Å². The molecule has 0 saturated heterocycles. The van der Waals surface area contributed by atoms with Crippen LogP contribution in [0, 0.1) is 0 Å². The standard InChI is InChI=1S/C22H29N3O2/c1-25(2)20-8-5-17(6-9-20)4-3-13-23-22(26)24-14-11-18-7-10-21-19(16-18)12-15-27-21/h5-10,16H,3-4,11-15H2,1-2H3,(H2,23,24,26). The summed E-state index contributed by atoms with van der Waals surface area (Å²) in [6.07, 6.45) is 3.71. The zero-order valence-electron chi connectivity index (χ0n) is 16.3. The summed E-state index contributed by atoms with van der Waals surface area (Å²) in [7, 11) is 4.08. The number of carbonyl (C=O) groups is 1. The smallest absolute Gasteiger partial charge is 0.314 e. The summed E-state index contributed by atoms with van der Waals surface area (Å²) in [4.78, 5) is 14.0. The fraction of sp³-hybridized carbons (Fsp3) is 0.409. The Balaban J connectivity index is 1.29. The normalized spacial score (nSPS) is 12.2. The summed E-state index contributed by atoms with van der Waals surface area (Å²) in [5.41, 5.74) is 5.01. The minimum absolute atomic E-state index is 0.0950. The minimum atomic E-state index is -0.0950. The molecule has 3 rings (SSSR count). The minimum Gasteiger partial charge on any atom is -0.493 e. The summed E-state index contributed by atoms with van der Waals surface area (Å²) in [6.45, 7) is 2.09. The number of anilines is 1. The molecular weight excluding hydrogens is 338 g/mol. The molecule has 0 atom stereocenters. The van der Waals surface area contributed by atoms with Crippen LogP contribution in [0.15, 0.2) is 42.5 Å². The number of nitrogens with one attached hydrogen (secondary N) is 2. The fourth-order valence-corrected chi connectivity index (χ4v) is 3.23. The van der Waals surface area contributed by atoms with Crippen molar-refractivity contribution < 1.29 is 9.53 Å². The quantitative estimate of drug-likeness (QED) is 0.705. The van der Waals surface area contributed by atoms with Crippen molar-refractivity contribution in [1.82, 2.24) is 10.6 Å². The molecule has 5 nitrogen and oxygen atoms in total. The van der Waals surface area contributed by atoms with Crippen LogP contribution in [-0.4, -0.2) is 39.8 Å². The monoisotopic (exact) mass is 367 g/mol. The van der Waals surface area contributed by atoms with Crippen LogP contribution in [0.25, 0.3) is 0 Å². The van der Waals surface area contributed by atoms with Gasteiger partial charge in [0.05, 0.1) is 6.61 Å². The van der Waals surface area contributed by atoms with Crippen LogP contribution in [0.2, 0.25) is 0 Å². The predicted molar refractivity (Wildman–Crippen MR) is 110 cm³/mol. The Hall–Kier alpha value is -2.69. The number of fused-ring (bicyclic) bond motifs is 1. The third-order valence-electron chi connectivity index (χ3n) is 4.83. The number of carbonyl (C=O) groups excluding carboxylic acids is 1. The highest BCUT2D eigenvalue weighted by molar-refractivity contribution is 5.73. The van der Waals surface area contributed by atoms with Gasteiger partial charge in [-0.3, -0.25) is 0 Å². The van der Waals surface area contributed by atoms with Gasteiger partial charge in [-0.1, -0.05) is 24.3 Å². The third-order valence-corrected chi connectivity index (χ3v) is 4.83. The van der Waals surface area contributed by atoms with Gasteiger partial charge in [0, 0.05) is 39.3 Å². The van der Waals surface area contributed by atoms with Crippen LogP contribution in [0.5, 0.6) is 5.75 Å². The molecule has 0 fully saturated rings. The molecule has 0 saturated carbocycles. The van der Waals surface area contributed by atoms with Crippen LogP contribution >= 0.6 is 0 Å². The molecule has 0 spiro atoms. The lowest BCUT2D eigenvalue weighted by Crippen LogP contribution is -2.37. The Morgan fingerprint density at radius 2 is 1.74 bits per heavy atom. The van der Waals surface area contributed by atoms with Gasteiger partial charge < -0.3 is 20.3 Å². The van der Waals surface area contributed by atoms with Crippen molar-refractivity contribution in [3.63, 3.8) is 0 Å². The third kappa shape index (κ3) is 5.64. The number of nitrogens with zero attached hydrogens (tertiary/aromatic N) is 1. The zero-order valence-corrected chi connectivity index (χ0v) is 16.3. The molecule has 2 N–H and O–H groups in total. The molecule has 0 aliphatic carbocycles. The second kappa shape index (κ2) is 9.31. The Bertz CT molecular complexity index is 757. The van der Waals surface area contributed by atoms with E-state index < -0.39 is 0 Å². The van der Waals surface area contributed by atoms with Gasteiger partial charge in [-0.05, 0) is 54.2 Å². The Kier molecular flexibility index (Phi) is 6.58. The number of benzene rings is 2. The first kappa shape index (κ1) is 19.1. The highest BCUT2D eigenvalue weighted by Gasteiger charge is 2.11. The maximum Gasteiger partial charge on any atom is 0.314 e. The highest BCUT2D eigenvalue weighted by atomic mass is 16.5.